The number of hydrogen-bond donors (Lipinski definition) is 0. The highest BCUT2D eigenvalue weighted by Gasteiger charge is 2.52. The van der Waals surface area contributed by atoms with Crippen LogP contribution in [0.1, 0.15) is 29.5 Å². The minimum Gasteiger partial charge on any atom is -0.373 e. The van der Waals surface area contributed by atoms with Gasteiger partial charge in [0.1, 0.15) is 0 Å². The number of rotatable bonds is 5. The summed E-state index contributed by atoms with van der Waals surface area (Å²) in [7, 11) is -3.47. The summed E-state index contributed by atoms with van der Waals surface area (Å²) in [6.07, 6.45) is 5.22. The predicted octanol–water partition coefficient (Wildman–Crippen LogP) is 2.84. The molecule has 150 valence electrons. The third-order valence-electron chi connectivity index (χ3n) is 5.66. The molecule has 0 unspecified atom stereocenters. The number of ether oxygens (including phenoxy) is 2. The van der Waals surface area contributed by atoms with Crippen LogP contribution in [0.25, 0.3) is 0 Å². The van der Waals surface area contributed by atoms with Crippen molar-refractivity contribution in [2.75, 3.05) is 19.7 Å². The number of aromatic nitrogens is 1. The number of pyridine rings is 1. The average molecular weight is 403 g/mol. The van der Waals surface area contributed by atoms with Gasteiger partial charge in [-0.25, -0.2) is 8.42 Å². The molecule has 0 amide bonds. The van der Waals surface area contributed by atoms with Crippen molar-refractivity contribution >= 4 is 10.0 Å². The summed E-state index contributed by atoms with van der Waals surface area (Å²) in [5.41, 5.74) is 2.86. The Hall–Kier alpha value is -1.80. The standard InChI is InChI=1S/C21H26N2O4S/c1-16-3-5-20(6-4-16)28(24,25)23-14-21(15-23)11-19(8-10-27-21)26-13-18-12-22-9-7-17(18)2/h3-7,9,12,19H,8,10-11,13-15H2,1-2H3/t19-/m0/s1. The third kappa shape index (κ3) is 3.85. The molecule has 2 aliphatic heterocycles. The number of benzene rings is 1. The van der Waals surface area contributed by atoms with E-state index in [0.717, 1.165) is 23.1 Å². The lowest BCUT2D eigenvalue weighted by Crippen LogP contribution is -2.67. The lowest BCUT2D eigenvalue weighted by atomic mass is 9.86. The molecule has 4 rings (SSSR count). The molecule has 28 heavy (non-hydrogen) atoms. The smallest absolute Gasteiger partial charge is 0.243 e. The fourth-order valence-electron chi connectivity index (χ4n) is 3.83. The Morgan fingerprint density at radius 1 is 1.21 bits per heavy atom. The van der Waals surface area contributed by atoms with Gasteiger partial charge in [0.05, 0.1) is 23.2 Å². The Bertz CT molecular complexity index is 937. The molecule has 1 atom stereocenters. The van der Waals surface area contributed by atoms with Crippen LogP contribution in [0.4, 0.5) is 0 Å². The Balaban J connectivity index is 1.36. The van der Waals surface area contributed by atoms with E-state index >= 15 is 0 Å². The van der Waals surface area contributed by atoms with E-state index in [2.05, 4.69) is 4.98 Å². The number of hydrogen-bond acceptors (Lipinski definition) is 5. The highest BCUT2D eigenvalue weighted by molar-refractivity contribution is 7.89. The first-order valence-electron chi connectivity index (χ1n) is 9.60. The summed E-state index contributed by atoms with van der Waals surface area (Å²) >= 11 is 0. The maximum atomic E-state index is 12.8. The number of sulfonamides is 1. The second-order valence-electron chi connectivity index (χ2n) is 7.85. The van der Waals surface area contributed by atoms with Crippen LogP contribution in [-0.2, 0) is 26.1 Å². The molecule has 2 fully saturated rings. The van der Waals surface area contributed by atoms with Gasteiger partial charge in [0, 0.05) is 38.5 Å². The second kappa shape index (κ2) is 7.55. The second-order valence-corrected chi connectivity index (χ2v) is 9.78. The largest absolute Gasteiger partial charge is 0.373 e. The summed E-state index contributed by atoms with van der Waals surface area (Å²) in [6, 6.07) is 8.96. The van der Waals surface area contributed by atoms with Crippen LogP contribution in [0.5, 0.6) is 0 Å². The fourth-order valence-corrected chi connectivity index (χ4v) is 5.42. The maximum Gasteiger partial charge on any atom is 0.243 e. The molecule has 1 aromatic carbocycles. The molecular formula is C21H26N2O4S. The average Bonchev–Trinajstić information content (AvgIpc) is 2.66. The van der Waals surface area contributed by atoms with Crippen LogP contribution in [0.2, 0.25) is 0 Å². The first-order valence-corrected chi connectivity index (χ1v) is 11.0. The van der Waals surface area contributed by atoms with Crippen molar-refractivity contribution in [3.8, 4) is 0 Å². The van der Waals surface area contributed by atoms with Gasteiger partial charge >= 0.3 is 0 Å². The molecule has 7 heteroatoms. The number of aryl methyl sites for hydroxylation is 2. The first-order chi connectivity index (χ1) is 13.4. The quantitative estimate of drug-likeness (QED) is 0.769. The molecule has 2 aliphatic rings. The van der Waals surface area contributed by atoms with E-state index in [1.54, 1.807) is 18.3 Å². The fraction of sp³-hybridized carbons (Fsp3) is 0.476. The van der Waals surface area contributed by atoms with Crippen molar-refractivity contribution in [3.63, 3.8) is 0 Å². The molecule has 2 aromatic rings. The topological polar surface area (TPSA) is 68.7 Å². The zero-order chi connectivity index (χ0) is 19.8. The van der Waals surface area contributed by atoms with Crippen molar-refractivity contribution in [1.29, 1.82) is 0 Å². The maximum absolute atomic E-state index is 12.8. The molecule has 0 bridgehead atoms. The van der Waals surface area contributed by atoms with E-state index in [9.17, 15) is 8.42 Å². The lowest BCUT2D eigenvalue weighted by molar-refractivity contribution is -0.180. The van der Waals surface area contributed by atoms with Crippen LogP contribution in [0.3, 0.4) is 0 Å². The van der Waals surface area contributed by atoms with E-state index < -0.39 is 15.6 Å². The molecule has 0 aliphatic carbocycles. The zero-order valence-corrected chi connectivity index (χ0v) is 17.1. The first kappa shape index (κ1) is 19.5. The summed E-state index contributed by atoms with van der Waals surface area (Å²) in [5, 5.41) is 0. The van der Waals surface area contributed by atoms with E-state index in [-0.39, 0.29) is 6.10 Å². The van der Waals surface area contributed by atoms with Crippen LogP contribution in [0, 0.1) is 13.8 Å². The van der Waals surface area contributed by atoms with E-state index in [1.807, 2.05) is 38.2 Å². The molecular weight excluding hydrogens is 376 g/mol. The number of nitrogens with zero attached hydrogens (tertiary/aromatic N) is 2. The normalized spacial score (nSPS) is 22.1. The highest BCUT2D eigenvalue weighted by Crippen LogP contribution is 2.38. The SMILES string of the molecule is Cc1ccc(S(=O)(=O)N2CC3(C[C@@H](OCc4cnccc4C)CCO3)C2)cc1. The molecule has 1 spiro atoms. The minimum absolute atomic E-state index is 0.0672. The van der Waals surface area contributed by atoms with Gasteiger partial charge in [0.25, 0.3) is 0 Å². The molecule has 0 saturated carbocycles. The van der Waals surface area contributed by atoms with E-state index in [0.29, 0.717) is 37.6 Å². The van der Waals surface area contributed by atoms with E-state index in [1.165, 1.54) is 4.31 Å². The third-order valence-corrected chi connectivity index (χ3v) is 7.46. The lowest BCUT2D eigenvalue weighted by Gasteiger charge is -2.52. The molecule has 2 saturated heterocycles. The van der Waals surface area contributed by atoms with Crippen molar-refractivity contribution in [2.45, 2.75) is 49.9 Å². The van der Waals surface area contributed by atoms with Crippen molar-refractivity contribution in [1.82, 2.24) is 9.29 Å². The van der Waals surface area contributed by atoms with Gasteiger partial charge in [0.15, 0.2) is 0 Å². The molecule has 6 nitrogen and oxygen atoms in total. The Labute approximate surface area is 166 Å². The Morgan fingerprint density at radius 3 is 2.68 bits per heavy atom. The summed E-state index contributed by atoms with van der Waals surface area (Å²) < 4.78 is 39.2. The van der Waals surface area contributed by atoms with Gasteiger partial charge in [-0.05, 0) is 49.6 Å². The van der Waals surface area contributed by atoms with Crippen molar-refractivity contribution < 1.29 is 17.9 Å². The van der Waals surface area contributed by atoms with Crippen LogP contribution < -0.4 is 0 Å². The monoisotopic (exact) mass is 402 g/mol. The highest BCUT2D eigenvalue weighted by atomic mass is 32.2. The van der Waals surface area contributed by atoms with Crippen LogP contribution in [-0.4, -0.2) is 49.1 Å². The Kier molecular flexibility index (Phi) is 5.26. The summed E-state index contributed by atoms with van der Waals surface area (Å²) in [4.78, 5) is 4.49. The zero-order valence-electron chi connectivity index (χ0n) is 16.3. The van der Waals surface area contributed by atoms with Gasteiger partial charge in [0.2, 0.25) is 10.0 Å². The van der Waals surface area contributed by atoms with Crippen molar-refractivity contribution in [2.24, 2.45) is 0 Å². The summed E-state index contributed by atoms with van der Waals surface area (Å²) in [5.74, 6) is 0. The van der Waals surface area contributed by atoms with Crippen LogP contribution >= 0.6 is 0 Å². The van der Waals surface area contributed by atoms with Gasteiger partial charge in [-0.2, -0.15) is 4.31 Å². The van der Waals surface area contributed by atoms with E-state index in [4.69, 9.17) is 9.47 Å². The molecule has 3 heterocycles. The van der Waals surface area contributed by atoms with Gasteiger partial charge in [-0.1, -0.05) is 17.7 Å². The Morgan fingerprint density at radius 2 is 1.96 bits per heavy atom. The van der Waals surface area contributed by atoms with Crippen LogP contribution in [0.15, 0.2) is 47.6 Å². The predicted molar refractivity (Wildman–Crippen MR) is 105 cm³/mol. The van der Waals surface area contributed by atoms with Crippen molar-refractivity contribution in [3.05, 3.63) is 59.4 Å². The van der Waals surface area contributed by atoms with Gasteiger partial charge in [-0.3, -0.25) is 4.98 Å². The molecule has 1 aromatic heterocycles. The minimum atomic E-state index is -3.47. The van der Waals surface area contributed by atoms with Gasteiger partial charge in [-0.15, -0.1) is 0 Å². The van der Waals surface area contributed by atoms with Gasteiger partial charge < -0.3 is 9.47 Å². The molecule has 0 radical (unpaired) electrons. The molecule has 0 N–H and O–H groups in total. The summed E-state index contributed by atoms with van der Waals surface area (Å²) in [6.45, 7) is 5.87.